The normalized spacial score (nSPS) is 11.9. The van der Waals surface area contributed by atoms with Gasteiger partial charge in [0.15, 0.2) is 0 Å². The molecule has 0 atom stereocenters. The van der Waals surface area contributed by atoms with Crippen LogP contribution in [0.3, 0.4) is 0 Å². The third kappa shape index (κ3) is 1.34. The summed E-state index contributed by atoms with van der Waals surface area (Å²) in [4.78, 5) is 0. The molecule has 1 aromatic rings. The Morgan fingerprint density at radius 1 is 1.60 bits per heavy atom. The van der Waals surface area contributed by atoms with Crippen molar-refractivity contribution in [3.05, 3.63) is 18.5 Å². The Balaban J connectivity index is 2.85. The summed E-state index contributed by atoms with van der Waals surface area (Å²) >= 11 is 4.23. The van der Waals surface area contributed by atoms with Gasteiger partial charge in [0.05, 0.1) is 5.54 Å². The van der Waals surface area contributed by atoms with Gasteiger partial charge in [-0.25, -0.2) is 0 Å². The van der Waals surface area contributed by atoms with Gasteiger partial charge in [-0.15, -0.1) is 0 Å². The van der Waals surface area contributed by atoms with Gasteiger partial charge in [-0.05, 0) is 19.9 Å². The molecule has 0 unspecified atom stereocenters. The molecule has 2 nitrogen and oxygen atoms in total. The topological polar surface area (TPSA) is 17.8 Å². The van der Waals surface area contributed by atoms with E-state index < -0.39 is 0 Å². The van der Waals surface area contributed by atoms with Crippen molar-refractivity contribution in [2.75, 3.05) is 5.75 Å². The molecule has 0 bridgehead atoms. The number of thiol groups is 1. The molecule has 0 aromatic carbocycles. The van der Waals surface area contributed by atoms with E-state index in [1.54, 1.807) is 6.20 Å². The van der Waals surface area contributed by atoms with Gasteiger partial charge in [-0.1, -0.05) is 0 Å². The molecule has 0 saturated heterocycles. The highest BCUT2D eigenvalue weighted by molar-refractivity contribution is 7.80. The predicted octanol–water partition coefficient (Wildman–Crippen LogP) is 1.55. The van der Waals surface area contributed by atoms with Crippen LogP contribution in [0.1, 0.15) is 13.8 Å². The molecule has 56 valence electrons. The van der Waals surface area contributed by atoms with E-state index in [2.05, 4.69) is 31.6 Å². The highest BCUT2D eigenvalue weighted by atomic mass is 32.1. The summed E-state index contributed by atoms with van der Waals surface area (Å²) in [5.41, 5.74) is 0.0343. The SMILES string of the molecule is CC(C)(CS)n1cccn1. The second-order valence-corrected chi connectivity index (χ2v) is 3.24. The minimum Gasteiger partial charge on any atom is -0.266 e. The Labute approximate surface area is 66.7 Å². The van der Waals surface area contributed by atoms with Crippen LogP contribution in [-0.2, 0) is 5.54 Å². The van der Waals surface area contributed by atoms with Gasteiger partial charge in [-0.2, -0.15) is 17.7 Å². The van der Waals surface area contributed by atoms with Crippen LogP contribution in [0.15, 0.2) is 18.5 Å². The lowest BCUT2D eigenvalue weighted by Crippen LogP contribution is -2.28. The number of hydrogen-bond donors (Lipinski definition) is 1. The average molecular weight is 156 g/mol. The molecule has 0 spiro atoms. The van der Waals surface area contributed by atoms with E-state index in [4.69, 9.17) is 0 Å². The second kappa shape index (κ2) is 2.66. The quantitative estimate of drug-likeness (QED) is 0.643. The van der Waals surface area contributed by atoms with Crippen LogP contribution in [0, 0.1) is 0 Å². The van der Waals surface area contributed by atoms with Crippen molar-refractivity contribution in [3.8, 4) is 0 Å². The first-order valence-electron chi connectivity index (χ1n) is 3.28. The summed E-state index contributed by atoms with van der Waals surface area (Å²) in [6, 6.07) is 1.92. The summed E-state index contributed by atoms with van der Waals surface area (Å²) in [7, 11) is 0. The molecule has 0 N–H and O–H groups in total. The van der Waals surface area contributed by atoms with Crippen LogP contribution in [0.5, 0.6) is 0 Å². The first-order chi connectivity index (χ1) is 4.67. The lowest BCUT2D eigenvalue weighted by atomic mass is 10.1. The van der Waals surface area contributed by atoms with Crippen molar-refractivity contribution in [3.63, 3.8) is 0 Å². The van der Waals surface area contributed by atoms with Crippen molar-refractivity contribution in [2.24, 2.45) is 0 Å². The zero-order chi connectivity index (χ0) is 7.61. The molecule has 1 aromatic heterocycles. The number of hydrogen-bond acceptors (Lipinski definition) is 2. The van der Waals surface area contributed by atoms with E-state index in [1.165, 1.54) is 0 Å². The van der Waals surface area contributed by atoms with Gasteiger partial charge in [-0.3, -0.25) is 4.68 Å². The number of aromatic nitrogens is 2. The predicted molar refractivity (Wildman–Crippen MR) is 45.4 cm³/mol. The maximum Gasteiger partial charge on any atom is 0.0659 e. The molecule has 0 fully saturated rings. The molecule has 1 rings (SSSR count). The van der Waals surface area contributed by atoms with Crippen LogP contribution in [-0.4, -0.2) is 15.5 Å². The van der Waals surface area contributed by atoms with E-state index in [0.717, 1.165) is 5.75 Å². The zero-order valence-electron chi connectivity index (χ0n) is 6.28. The van der Waals surface area contributed by atoms with Gasteiger partial charge in [0.1, 0.15) is 0 Å². The number of rotatable bonds is 2. The van der Waals surface area contributed by atoms with Gasteiger partial charge < -0.3 is 0 Å². The standard InChI is InChI=1S/C7H12N2S/c1-7(2,6-10)9-5-3-4-8-9/h3-5,10H,6H2,1-2H3. The van der Waals surface area contributed by atoms with Crippen molar-refractivity contribution in [1.29, 1.82) is 0 Å². The van der Waals surface area contributed by atoms with Gasteiger partial charge >= 0.3 is 0 Å². The molecule has 0 aliphatic carbocycles. The van der Waals surface area contributed by atoms with Gasteiger partial charge in [0.2, 0.25) is 0 Å². The lowest BCUT2D eigenvalue weighted by molar-refractivity contribution is 0.364. The summed E-state index contributed by atoms with van der Waals surface area (Å²) in [5.74, 6) is 0.800. The molecular weight excluding hydrogens is 144 g/mol. The lowest BCUT2D eigenvalue weighted by Gasteiger charge is -2.22. The van der Waals surface area contributed by atoms with Crippen LogP contribution < -0.4 is 0 Å². The smallest absolute Gasteiger partial charge is 0.0659 e. The maximum atomic E-state index is 4.23. The Morgan fingerprint density at radius 3 is 2.70 bits per heavy atom. The van der Waals surface area contributed by atoms with Crippen molar-refractivity contribution >= 4 is 12.6 Å². The third-order valence-electron chi connectivity index (χ3n) is 1.51. The summed E-state index contributed by atoms with van der Waals surface area (Å²) < 4.78 is 1.92. The summed E-state index contributed by atoms with van der Waals surface area (Å²) in [6.45, 7) is 4.21. The molecule has 10 heavy (non-hydrogen) atoms. The van der Waals surface area contributed by atoms with E-state index in [-0.39, 0.29) is 5.54 Å². The van der Waals surface area contributed by atoms with Crippen LogP contribution in [0.4, 0.5) is 0 Å². The van der Waals surface area contributed by atoms with E-state index in [0.29, 0.717) is 0 Å². The van der Waals surface area contributed by atoms with E-state index >= 15 is 0 Å². The molecule has 0 amide bonds. The monoisotopic (exact) mass is 156 g/mol. The second-order valence-electron chi connectivity index (χ2n) is 2.92. The molecular formula is C7H12N2S. The Kier molecular flexibility index (Phi) is 2.04. The van der Waals surface area contributed by atoms with Crippen molar-refractivity contribution < 1.29 is 0 Å². The van der Waals surface area contributed by atoms with Gasteiger partial charge in [0, 0.05) is 18.1 Å². The largest absolute Gasteiger partial charge is 0.266 e. The summed E-state index contributed by atoms with van der Waals surface area (Å²) in [6.07, 6.45) is 3.74. The Hall–Kier alpha value is -0.440. The minimum absolute atomic E-state index is 0.0343. The Bertz CT molecular complexity index is 191. The molecule has 0 aliphatic rings. The third-order valence-corrected chi connectivity index (χ3v) is 2.29. The highest BCUT2D eigenvalue weighted by Crippen LogP contribution is 2.13. The molecule has 0 radical (unpaired) electrons. The van der Waals surface area contributed by atoms with E-state index in [1.807, 2.05) is 16.9 Å². The highest BCUT2D eigenvalue weighted by Gasteiger charge is 2.16. The van der Waals surface area contributed by atoms with Crippen LogP contribution in [0.2, 0.25) is 0 Å². The van der Waals surface area contributed by atoms with E-state index in [9.17, 15) is 0 Å². The zero-order valence-corrected chi connectivity index (χ0v) is 7.18. The fourth-order valence-electron chi connectivity index (χ4n) is 0.699. The first kappa shape index (κ1) is 7.66. The average Bonchev–Trinajstić information content (AvgIpc) is 2.38. The first-order valence-corrected chi connectivity index (χ1v) is 3.91. The van der Waals surface area contributed by atoms with Crippen LogP contribution >= 0.6 is 12.6 Å². The van der Waals surface area contributed by atoms with Gasteiger partial charge in [0.25, 0.3) is 0 Å². The maximum absolute atomic E-state index is 4.23. The minimum atomic E-state index is 0.0343. The molecule has 0 aliphatic heterocycles. The van der Waals surface area contributed by atoms with Crippen molar-refractivity contribution in [2.45, 2.75) is 19.4 Å². The Morgan fingerprint density at radius 2 is 2.30 bits per heavy atom. The molecule has 0 saturated carbocycles. The molecule has 1 heterocycles. The summed E-state index contributed by atoms with van der Waals surface area (Å²) in [5, 5.41) is 4.13. The van der Waals surface area contributed by atoms with Crippen LogP contribution in [0.25, 0.3) is 0 Å². The fraction of sp³-hybridized carbons (Fsp3) is 0.571. The molecule has 3 heteroatoms. The number of nitrogens with zero attached hydrogens (tertiary/aromatic N) is 2. The fourth-order valence-corrected chi connectivity index (χ4v) is 0.844. The van der Waals surface area contributed by atoms with Crippen molar-refractivity contribution in [1.82, 2.24) is 9.78 Å².